The van der Waals surface area contributed by atoms with E-state index in [2.05, 4.69) is 17.2 Å². The summed E-state index contributed by atoms with van der Waals surface area (Å²) in [7, 11) is 0. The van der Waals surface area contributed by atoms with Gasteiger partial charge >= 0.3 is 0 Å². The lowest BCUT2D eigenvalue weighted by molar-refractivity contribution is 0.455. The van der Waals surface area contributed by atoms with E-state index in [0.29, 0.717) is 5.41 Å². The minimum atomic E-state index is 0.472. The van der Waals surface area contributed by atoms with Crippen LogP contribution in [0.1, 0.15) is 31.7 Å². The van der Waals surface area contributed by atoms with Gasteiger partial charge in [-0.15, -0.1) is 0 Å². The maximum atomic E-state index is 6.14. The number of hydrogen-bond acceptors (Lipinski definition) is 2. The van der Waals surface area contributed by atoms with E-state index in [4.69, 9.17) is 11.6 Å². The van der Waals surface area contributed by atoms with Crippen molar-refractivity contribution in [3.63, 3.8) is 0 Å². The fourth-order valence-corrected chi connectivity index (χ4v) is 2.26. The molecule has 1 aromatic rings. The normalized spacial score (nSPS) is 17.4. The van der Waals surface area contributed by atoms with Crippen molar-refractivity contribution >= 4 is 11.6 Å². The first-order valence-electron chi connectivity index (χ1n) is 6.05. The smallest absolute Gasteiger partial charge is 0.0621 e. The molecule has 2 rings (SSSR count). The van der Waals surface area contributed by atoms with Crippen LogP contribution in [-0.2, 0) is 6.42 Å². The van der Waals surface area contributed by atoms with E-state index in [1.54, 1.807) is 6.20 Å². The minimum Gasteiger partial charge on any atom is -0.316 e. The first kappa shape index (κ1) is 11.9. The zero-order valence-corrected chi connectivity index (χ0v) is 10.6. The third-order valence-electron chi connectivity index (χ3n) is 3.31. The van der Waals surface area contributed by atoms with Gasteiger partial charge in [0.1, 0.15) is 0 Å². The maximum Gasteiger partial charge on any atom is 0.0621 e. The molecule has 88 valence electrons. The van der Waals surface area contributed by atoms with Crippen molar-refractivity contribution in [1.82, 2.24) is 10.3 Å². The Morgan fingerprint density at radius 3 is 2.94 bits per heavy atom. The summed E-state index contributed by atoms with van der Waals surface area (Å²) in [4.78, 5) is 4.02. The summed E-state index contributed by atoms with van der Waals surface area (Å²) in [5.41, 5.74) is 1.72. The summed E-state index contributed by atoms with van der Waals surface area (Å²) >= 11 is 6.14. The van der Waals surface area contributed by atoms with E-state index in [1.807, 2.05) is 12.3 Å². The van der Waals surface area contributed by atoms with Gasteiger partial charge in [0, 0.05) is 18.9 Å². The van der Waals surface area contributed by atoms with Gasteiger partial charge in [-0.25, -0.2) is 0 Å². The molecule has 0 unspecified atom stereocenters. The van der Waals surface area contributed by atoms with Gasteiger partial charge in [-0.2, -0.15) is 0 Å². The van der Waals surface area contributed by atoms with Crippen molar-refractivity contribution in [2.24, 2.45) is 5.41 Å². The van der Waals surface area contributed by atoms with Crippen LogP contribution in [0, 0.1) is 5.41 Å². The van der Waals surface area contributed by atoms with Crippen molar-refractivity contribution in [1.29, 1.82) is 0 Å². The summed E-state index contributed by atoms with van der Waals surface area (Å²) in [6, 6.07) is 2.04. The van der Waals surface area contributed by atoms with Gasteiger partial charge in [-0.1, -0.05) is 18.5 Å². The topological polar surface area (TPSA) is 24.9 Å². The van der Waals surface area contributed by atoms with Crippen LogP contribution in [0.4, 0.5) is 0 Å². The lowest BCUT2D eigenvalue weighted by atomic mass is 9.97. The predicted octanol–water partition coefficient (Wildman–Crippen LogP) is 3.06. The summed E-state index contributed by atoms with van der Waals surface area (Å²) < 4.78 is 0. The molecule has 1 aliphatic carbocycles. The van der Waals surface area contributed by atoms with Crippen LogP contribution in [0.2, 0.25) is 5.02 Å². The molecule has 0 saturated heterocycles. The number of halogens is 1. The van der Waals surface area contributed by atoms with Crippen LogP contribution in [-0.4, -0.2) is 18.1 Å². The van der Waals surface area contributed by atoms with Crippen molar-refractivity contribution in [2.75, 3.05) is 13.1 Å². The Balaban J connectivity index is 1.91. The molecule has 0 aliphatic heterocycles. The molecule has 1 heterocycles. The molecule has 0 spiro atoms. The maximum absolute atomic E-state index is 6.14. The number of hydrogen-bond donors (Lipinski definition) is 1. The van der Waals surface area contributed by atoms with Gasteiger partial charge < -0.3 is 5.32 Å². The van der Waals surface area contributed by atoms with Gasteiger partial charge in [0.2, 0.25) is 0 Å². The van der Waals surface area contributed by atoms with E-state index in [-0.39, 0.29) is 0 Å². The molecule has 0 aromatic carbocycles. The summed E-state index contributed by atoms with van der Waals surface area (Å²) in [5, 5.41) is 4.33. The highest BCUT2D eigenvalue weighted by molar-refractivity contribution is 6.31. The monoisotopic (exact) mass is 238 g/mol. The molecule has 0 amide bonds. The van der Waals surface area contributed by atoms with Gasteiger partial charge in [-0.3, -0.25) is 4.98 Å². The summed E-state index contributed by atoms with van der Waals surface area (Å²) in [6.07, 6.45) is 8.51. The van der Waals surface area contributed by atoms with Gasteiger partial charge in [-0.05, 0) is 49.3 Å². The highest BCUT2D eigenvalue weighted by Gasteiger charge is 2.42. The van der Waals surface area contributed by atoms with Crippen molar-refractivity contribution < 1.29 is 0 Å². The fourth-order valence-electron chi connectivity index (χ4n) is 2.07. The molecular weight excluding hydrogens is 220 g/mol. The standard InChI is InChI=1S/C13H19ClN2/c1-2-6-16-10-13(4-5-13)8-11-3-7-15-9-12(11)14/h3,7,9,16H,2,4-6,8,10H2,1H3. The molecule has 1 aliphatic rings. The number of nitrogens with one attached hydrogen (secondary N) is 1. The molecule has 1 fully saturated rings. The highest BCUT2D eigenvalue weighted by Crippen LogP contribution is 2.48. The number of rotatable bonds is 6. The molecule has 1 saturated carbocycles. The Morgan fingerprint density at radius 2 is 2.31 bits per heavy atom. The number of aromatic nitrogens is 1. The van der Waals surface area contributed by atoms with Gasteiger partial charge in [0.15, 0.2) is 0 Å². The molecule has 1 aromatic heterocycles. The third kappa shape index (κ3) is 2.96. The minimum absolute atomic E-state index is 0.472. The van der Waals surface area contributed by atoms with Crippen LogP contribution in [0.25, 0.3) is 0 Å². The Kier molecular flexibility index (Phi) is 3.82. The van der Waals surface area contributed by atoms with Crippen molar-refractivity contribution in [3.8, 4) is 0 Å². The van der Waals surface area contributed by atoms with E-state index in [9.17, 15) is 0 Å². The molecule has 0 radical (unpaired) electrons. The van der Waals surface area contributed by atoms with Gasteiger partial charge in [0.05, 0.1) is 5.02 Å². The lowest BCUT2D eigenvalue weighted by Gasteiger charge is -2.16. The number of nitrogens with zero attached hydrogens (tertiary/aromatic N) is 1. The average molecular weight is 239 g/mol. The zero-order chi connectivity index (χ0) is 11.4. The average Bonchev–Trinajstić information content (AvgIpc) is 3.03. The van der Waals surface area contributed by atoms with Crippen LogP contribution in [0.5, 0.6) is 0 Å². The second-order valence-electron chi connectivity index (χ2n) is 4.82. The highest BCUT2D eigenvalue weighted by atomic mass is 35.5. The molecule has 16 heavy (non-hydrogen) atoms. The van der Waals surface area contributed by atoms with Crippen LogP contribution >= 0.6 is 11.6 Å². The first-order valence-corrected chi connectivity index (χ1v) is 6.43. The third-order valence-corrected chi connectivity index (χ3v) is 3.65. The zero-order valence-electron chi connectivity index (χ0n) is 9.80. The molecule has 0 atom stereocenters. The quantitative estimate of drug-likeness (QED) is 0.771. The van der Waals surface area contributed by atoms with Gasteiger partial charge in [0.25, 0.3) is 0 Å². The Morgan fingerprint density at radius 1 is 1.50 bits per heavy atom. The molecular formula is C13H19ClN2. The van der Waals surface area contributed by atoms with E-state index < -0.39 is 0 Å². The Labute approximate surface area is 102 Å². The van der Waals surface area contributed by atoms with Crippen LogP contribution in [0.3, 0.4) is 0 Å². The predicted molar refractivity (Wildman–Crippen MR) is 67.8 cm³/mol. The number of pyridine rings is 1. The Hall–Kier alpha value is -0.600. The second kappa shape index (κ2) is 5.15. The molecule has 1 N–H and O–H groups in total. The lowest BCUT2D eigenvalue weighted by Crippen LogP contribution is -2.26. The van der Waals surface area contributed by atoms with E-state index in [1.165, 1.54) is 24.8 Å². The largest absolute Gasteiger partial charge is 0.316 e. The SMILES string of the molecule is CCCNCC1(Cc2ccncc2Cl)CC1. The fraction of sp³-hybridized carbons (Fsp3) is 0.615. The van der Waals surface area contributed by atoms with Crippen LogP contribution < -0.4 is 5.32 Å². The Bertz CT molecular complexity index is 348. The summed E-state index contributed by atoms with van der Waals surface area (Å²) in [5.74, 6) is 0. The summed E-state index contributed by atoms with van der Waals surface area (Å²) in [6.45, 7) is 4.44. The van der Waals surface area contributed by atoms with Crippen molar-refractivity contribution in [3.05, 3.63) is 29.0 Å². The molecule has 0 bridgehead atoms. The van der Waals surface area contributed by atoms with E-state index >= 15 is 0 Å². The van der Waals surface area contributed by atoms with Crippen LogP contribution in [0.15, 0.2) is 18.5 Å². The first-order chi connectivity index (χ1) is 7.76. The molecule has 3 heteroatoms. The second-order valence-corrected chi connectivity index (χ2v) is 5.23. The molecule has 2 nitrogen and oxygen atoms in total. The van der Waals surface area contributed by atoms with Crippen molar-refractivity contribution in [2.45, 2.75) is 32.6 Å². The van der Waals surface area contributed by atoms with E-state index in [0.717, 1.165) is 24.5 Å².